The van der Waals surface area contributed by atoms with E-state index in [-0.39, 0.29) is 11.2 Å². The number of nitrogens with zero attached hydrogens (tertiary/aromatic N) is 4. The van der Waals surface area contributed by atoms with Crippen LogP contribution in [0.3, 0.4) is 0 Å². The Morgan fingerprint density at radius 2 is 2.00 bits per heavy atom. The highest BCUT2D eigenvalue weighted by Crippen LogP contribution is 2.28. The molecule has 0 radical (unpaired) electrons. The Hall–Kier alpha value is -2.19. The van der Waals surface area contributed by atoms with Gasteiger partial charge in [0.05, 0.1) is 5.25 Å². The number of aromatic nitrogens is 4. The highest BCUT2D eigenvalue weighted by Gasteiger charge is 2.21. The molecule has 0 unspecified atom stereocenters. The largest absolute Gasteiger partial charge is 0.302 e. The van der Waals surface area contributed by atoms with Crippen molar-refractivity contribution in [3.8, 4) is 11.4 Å². The van der Waals surface area contributed by atoms with E-state index in [0.717, 1.165) is 23.1 Å². The number of anilines is 1. The van der Waals surface area contributed by atoms with Crippen LogP contribution in [0.5, 0.6) is 0 Å². The molecule has 8 heteroatoms. The summed E-state index contributed by atoms with van der Waals surface area (Å²) in [6, 6.07) is 10.00. The molecule has 2 heterocycles. The third-order valence-corrected chi connectivity index (χ3v) is 5.38. The SMILES string of the molecule is CC(C)Cn1c(S[C@@H](C)C(=O)Nc2nccs2)nnc1-c1ccccc1. The Morgan fingerprint density at radius 3 is 2.65 bits per heavy atom. The van der Waals surface area contributed by atoms with Crippen LogP contribution in [-0.2, 0) is 11.3 Å². The van der Waals surface area contributed by atoms with E-state index in [2.05, 4.69) is 38.9 Å². The fourth-order valence-corrected chi connectivity index (χ4v) is 3.80. The van der Waals surface area contributed by atoms with Crippen molar-refractivity contribution in [2.45, 2.75) is 37.7 Å². The molecule has 1 N–H and O–H groups in total. The second-order valence-corrected chi connectivity index (χ2v) is 8.47. The van der Waals surface area contributed by atoms with Gasteiger partial charge in [-0.25, -0.2) is 4.98 Å². The van der Waals surface area contributed by atoms with Gasteiger partial charge in [0.1, 0.15) is 0 Å². The van der Waals surface area contributed by atoms with E-state index in [1.54, 1.807) is 6.20 Å². The van der Waals surface area contributed by atoms with Gasteiger partial charge in [-0.2, -0.15) is 0 Å². The summed E-state index contributed by atoms with van der Waals surface area (Å²) in [5, 5.41) is 14.4. The van der Waals surface area contributed by atoms with Gasteiger partial charge in [-0.1, -0.05) is 55.9 Å². The number of thioether (sulfide) groups is 1. The smallest absolute Gasteiger partial charge is 0.239 e. The molecule has 6 nitrogen and oxygen atoms in total. The zero-order valence-electron chi connectivity index (χ0n) is 14.9. The number of thiazole rings is 1. The Kier molecular flexibility index (Phi) is 6.05. The second kappa shape index (κ2) is 8.46. The molecule has 0 aliphatic carbocycles. The minimum Gasteiger partial charge on any atom is -0.302 e. The molecule has 136 valence electrons. The van der Waals surface area contributed by atoms with Crippen molar-refractivity contribution in [2.24, 2.45) is 5.92 Å². The molecule has 3 aromatic rings. The third kappa shape index (κ3) is 4.50. The quantitative estimate of drug-likeness (QED) is 0.616. The Morgan fingerprint density at radius 1 is 1.23 bits per heavy atom. The molecule has 1 amide bonds. The van der Waals surface area contributed by atoms with Crippen molar-refractivity contribution < 1.29 is 4.79 Å². The fraction of sp³-hybridized carbons (Fsp3) is 0.333. The number of rotatable bonds is 7. The Balaban J connectivity index is 1.80. The van der Waals surface area contributed by atoms with Crippen LogP contribution in [0.4, 0.5) is 5.13 Å². The van der Waals surface area contributed by atoms with E-state index in [0.29, 0.717) is 11.0 Å². The lowest BCUT2D eigenvalue weighted by molar-refractivity contribution is -0.115. The average Bonchev–Trinajstić information content (AvgIpc) is 3.26. The molecule has 0 aliphatic heterocycles. The van der Waals surface area contributed by atoms with Crippen LogP contribution < -0.4 is 5.32 Å². The van der Waals surface area contributed by atoms with E-state index in [4.69, 9.17) is 0 Å². The van der Waals surface area contributed by atoms with Crippen molar-refractivity contribution >= 4 is 34.1 Å². The second-order valence-electron chi connectivity index (χ2n) is 6.26. The standard InChI is InChI=1S/C18H21N5OS2/c1-12(2)11-23-15(14-7-5-4-6-8-14)21-22-18(23)26-13(3)16(24)20-17-19-9-10-25-17/h4-10,12-13H,11H2,1-3H3,(H,19,20,24)/t13-/m0/s1. The molecule has 26 heavy (non-hydrogen) atoms. The Bertz CT molecular complexity index is 846. The van der Waals surface area contributed by atoms with Crippen molar-refractivity contribution in [1.29, 1.82) is 0 Å². The van der Waals surface area contributed by atoms with Crippen LogP contribution in [0, 0.1) is 5.92 Å². The highest BCUT2D eigenvalue weighted by molar-refractivity contribution is 8.00. The van der Waals surface area contributed by atoms with E-state index in [1.165, 1.54) is 23.1 Å². The first-order valence-corrected chi connectivity index (χ1v) is 10.2. The molecule has 0 saturated carbocycles. The summed E-state index contributed by atoms with van der Waals surface area (Å²) in [6.07, 6.45) is 1.67. The lowest BCUT2D eigenvalue weighted by Gasteiger charge is -2.14. The zero-order valence-corrected chi connectivity index (χ0v) is 16.5. The van der Waals surface area contributed by atoms with Crippen LogP contribution in [0.1, 0.15) is 20.8 Å². The summed E-state index contributed by atoms with van der Waals surface area (Å²) in [6.45, 7) is 6.97. The maximum atomic E-state index is 12.4. The molecule has 3 rings (SSSR count). The number of hydrogen-bond acceptors (Lipinski definition) is 6. The molecule has 0 spiro atoms. The lowest BCUT2D eigenvalue weighted by atomic mass is 10.2. The molecule has 0 bridgehead atoms. The average molecular weight is 388 g/mol. The predicted octanol–water partition coefficient (Wildman–Crippen LogP) is 4.18. The summed E-state index contributed by atoms with van der Waals surface area (Å²) < 4.78 is 2.10. The lowest BCUT2D eigenvalue weighted by Crippen LogP contribution is -2.23. The van der Waals surface area contributed by atoms with Crippen molar-refractivity contribution in [3.05, 3.63) is 41.9 Å². The number of hydrogen-bond donors (Lipinski definition) is 1. The topological polar surface area (TPSA) is 72.7 Å². The van der Waals surface area contributed by atoms with Gasteiger partial charge < -0.3 is 9.88 Å². The zero-order chi connectivity index (χ0) is 18.5. The third-order valence-electron chi connectivity index (χ3n) is 3.61. The van der Waals surface area contributed by atoms with Crippen LogP contribution in [0.15, 0.2) is 47.1 Å². The molecule has 2 aromatic heterocycles. The van der Waals surface area contributed by atoms with Crippen LogP contribution in [0.2, 0.25) is 0 Å². The number of nitrogens with one attached hydrogen (secondary N) is 1. The van der Waals surface area contributed by atoms with Gasteiger partial charge in [0.2, 0.25) is 5.91 Å². The fourth-order valence-electron chi connectivity index (χ4n) is 2.41. The summed E-state index contributed by atoms with van der Waals surface area (Å²) in [5.41, 5.74) is 1.02. The first-order chi connectivity index (χ1) is 12.5. The number of carbonyl (C=O) groups is 1. The number of carbonyl (C=O) groups excluding carboxylic acids is 1. The van der Waals surface area contributed by atoms with Gasteiger partial charge in [0.25, 0.3) is 0 Å². The first kappa shape index (κ1) is 18.6. The summed E-state index contributed by atoms with van der Waals surface area (Å²) in [7, 11) is 0. The molecule has 0 fully saturated rings. The highest BCUT2D eigenvalue weighted by atomic mass is 32.2. The number of amides is 1. The number of benzene rings is 1. The van der Waals surface area contributed by atoms with Crippen LogP contribution in [0.25, 0.3) is 11.4 Å². The van der Waals surface area contributed by atoms with Crippen molar-refractivity contribution in [3.63, 3.8) is 0 Å². The van der Waals surface area contributed by atoms with Crippen LogP contribution in [-0.4, -0.2) is 30.9 Å². The minimum atomic E-state index is -0.308. The van der Waals surface area contributed by atoms with Gasteiger partial charge in [0.15, 0.2) is 16.1 Å². The first-order valence-electron chi connectivity index (χ1n) is 8.40. The van der Waals surface area contributed by atoms with Gasteiger partial charge in [0, 0.05) is 23.7 Å². The van der Waals surface area contributed by atoms with E-state index in [1.807, 2.05) is 42.6 Å². The minimum absolute atomic E-state index is 0.0923. The Labute approximate surface area is 161 Å². The van der Waals surface area contributed by atoms with Gasteiger partial charge in [-0.3, -0.25) is 4.79 Å². The summed E-state index contributed by atoms with van der Waals surface area (Å²) >= 11 is 2.81. The molecule has 1 aromatic carbocycles. The molecule has 1 atom stereocenters. The summed E-state index contributed by atoms with van der Waals surface area (Å²) in [5.74, 6) is 1.17. The van der Waals surface area contributed by atoms with Gasteiger partial charge >= 0.3 is 0 Å². The maximum absolute atomic E-state index is 12.4. The van der Waals surface area contributed by atoms with Crippen LogP contribution >= 0.6 is 23.1 Å². The molecule has 0 aliphatic rings. The normalized spacial score (nSPS) is 12.3. The maximum Gasteiger partial charge on any atom is 0.239 e. The van der Waals surface area contributed by atoms with E-state index in [9.17, 15) is 4.79 Å². The monoisotopic (exact) mass is 387 g/mol. The molecular weight excluding hydrogens is 366 g/mol. The van der Waals surface area contributed by atoms with E-state index < -0.39 is 0 Å². The summed E-state index contributed by atoms with van der Waals surface area (Å²) in [4.78, 5) is 16.5. The van der Waals surface area contributed by atoms with Gasteiger partial charge in [-0.15, -0.1) is 21.5 Å². The predicted molar refractivity (Wildman–Crippen MR) is 106 cm³/mol. The van der Waals surface area contributed by atoms with Crippen molar-refractivity contribution in [2.75, 3.05) is 5.32 Å². The van der Waals surface area contributed by atoms with E-state index >= 15 is 0 Å². The van der Waals surface area contributed by atoms with Gasteiger partial charge in [-0.05, 0) is 12.8 Å². The molecule has 0 saturated heterocycles. The van der Waals surface area contributed by atoms with Crippen molar-refractivity contribution in [1.82, 2.24) is 19.7 Å². The molecular formula is C18H21N5OS2.